The third-order valence-electron chi connectivity index (χ3n) is 3.55. The van der Waals surface area contributed by atoms with E-state index in [4.69, 9.17) is 16.3 Å². The van der Waals surface area contributed by atoms with Crippen LogP contribution in [0.3, 0.4) is 0 Å². The molecule has 2 aromatic carbocycles. The van der Waals surface area contributed by atoms with Gasteiger partial charge < -0.3 is 10.1 Å². The van der Waals surface area contributed by atoms with E-state index < -0.39 is 0 Å². The Hall–Kier alpha value is -2.08. The van der Waals surface area contributed by atoms with Gasteiger partial charge in [-0.25, -0.2) is 4.98 Å². The molecule has 0 atom stereocenters. The normalized spacial score (nSPS) is 10.8. The lowest BCUT2D eigenvalue weighted by Gasteiger charge is -2.10. The molecule has 0 unspecified atom stereocenters. The van der Waals surface area contributed by atoms with Crippen molar-refractivity contribution in [1.29, 1.82) is 0 Å². The van der Waals surface area contributed by atoms with Gasteiger partial charge in [-0.1, -0.05) is 47.6 Å². The van der Waals surface area contributed by atoms with E-state index in [0.29, 0.717) is 23.7 Å². The van der Waals surface area contributed by atoms with Crippen LogP contribution in [-0.4, -0.2) is 31.2 Å². The topological polar surface area (TPSA) is 51.2 Å². The maximum Gasteiger partial charge on any atom is 0.252 e. The van der Waals surface area contributed by atoms with Crippen LogP contribution in [-0.2, 0) is 4.74 Å². The number of ether oxygens (including phenoxy) is 1. The van der Waals surface area contributed by atoms with Crippen LogP contribution in [0.25, 0.3) is 10.9 Å². The molecule has 25 heavy (non-hydrogen) atoms. The first-order chi connectivity index (χ1) is 12.2. The van der Waals surface area contributed by atoms with Crippen LogP contribution in [0.4, 0.5) is 0 Å². The Kier molecular flexibility index (Phi) is 5.91. The van der Waals surface area contributed by atoms with Crippen LogP contribution in [0.2, 0.25) is 5.02 Å². The van der Waals surface area contributed by atoms with Crippen LogP contribution >= 0.6 is 23.4 Å². The number of halogens is 1. The van der Waals surface area contributed by atoms with Crippen LogP contribution in [0.5, 0.6) is 0 Å². The number of nitrogens with one attached hydrogen (secondary N) is 1. The van der Waals surface area contributed by atoms with Crippen molar-refractivity contribution in [3.63, 3.8) is 0 Å². The summed E-state index contributed by atoms with van der Waals surface area (Å²) in [5, 5.41) is 5.11. The molecule has 0 saturated carbocycles. The molecule has 128 valence electrons. The fourth-order valence-electron chi connectivity index (χ4n) is 2.40. The number of methoxy groups -OCH3 is 1. The summed E-state index contributed by atoms with van der Waals surface area (Å²) in [6, 6.07) is 17.0. The number of carbonyl (C=O) groups excluding carboxylic acids is 1. The van der Waals surface area contributed by atoms with Gasteiger partial charge >= 0.3 is 0 Å². The Morgan fingerprint density at radius 2 is 2.04 bits per heavy atom. The van der Waals surface area contributed by atoms with Gasteiger partial charge in [0, 0.05) is 29.0 Å². The molecule has 3 rings (SSSR count). The number of rotatable bonds is 6. The smallest absolute Gasteiger partial charge is 0.252 e. The Morgan fingerprint density at radius 3 is 2.84 bits per heavy atom. The minimum Gasteiger partial charge on any atom is -0.383 e. The van der Waals surface area contributed by atoms with Crippen molar-refractivity contribution >= 4 is 40.2 Å². The summed E-state index contributed by atoms with van der Waals surface area (Å²) in [5.41, 5.74) is 1.39. The average Bonchev–Trinajstić information content (AvgIpc) is 2.61. The monoisotopic (exact) mass is 372 g/mol. The Balaban J connectivity index is 1.95. The maximum atomic E-state index is 12.6. The molecular formula is C19H17ClN2O2S. The Morgan fingerprint density at radius 1 is 1.20 bits per heavy atom. The van der Waals surface area contributed by atoms with Gasteiger partial charge in [0.1, 0.15) is 5.03 Å². The van der Waals surface area contributed by atoms with Crippen molar-refractivity contribution in [2.75, 3.05) is 20.3 Å². The standard InChI is InChI=1S/C19H17ClN2O2S/c1-24-10-9-21-19(23)16-12-18(22-17-8-3-2-7-15(16)17)25-14-6-4-5-13(20)11-14/h2-8,11-12H,9-10H2,1H3,(H,21,23). The van der Waals surface area contributed by atoms with E-state index in [0.717, 1.165) is 20.8 Å². The number of hydrogen-bond donors (Lipinski definition) is 1. The summed E-state index contributed by atoms with van der Waals surface area (Å²) in [4.78, 5) is 18.2. The second kappa shape index (κ2) is 8.34. The first-order valence-corrected chi connectivity index (χ1v) is 8.97. The van der Waals surface area contributed by atoms with Gasteiger partial charge in [0.2, 0.25) is 0 Å². The second-order valence-corrected chi connectivity index (χ2v) is 6.86. The van der Waals surface area contributed by atoms with Crippen LogP contribution in [0, 0.1) is 0 Å². The van der Waals surface area contributed by atoms with E-state index in [-0.39, 0.29) is 5.91 Å². The summed E-state index contributed by atoms with van der Waals surface area (Å²) in [5.74, 6) is -0.136. The van der Waals surface area contributed by atoms with E-state index in [9.17, 15) is 4.79 Å². The first kappa shape index (κ1) is 17.7. The maximum absolute atomic E-state index is 12.6. The summed E-state index contributed by atoms with van der Waals surface area (Å²) in [6.45, 7) is 0.932. The zero-order valence-electron chi connectivity index (χ0n) is 13.7. The molecule has 1 amide bonds. The molecule has 0 bridgehead atoms. The van der Waals surface area contributed by atoms with Gasteiger partial charge in [0.15, 0.2) is 0 Å². The molecule has 0 aliphatic heterocycles. The van der Waals surface area contributed by atoms with Crippen molar-refractivity contribution in [1.82, 2.24) is 10.3 Å². The molecule has 0 radical (unpaired) electrons. The minimum absolute atomic E-state index is 0.136. The number of pyridine rings is 1. The molecule has 1 heterocycles. The molecule has 4 nitrogen and oxygen atoms in total. The van der Waals surface area contributed by atoms with Crippen LogP contribution < -0.4 is 5.32 Å². The van der Waals surface area contributed by atoms with E-state index in [1.54, 1.807) is 7.11 Å². The number of benzene rings is 2. The third-order valence-corrected chi connectivity index (χ3v) is 4.69. The molecule has 3 aromatic rings. The van der Waals surface area contributed by atoms with Crippen molar-refractivity contribution < 1.29 is 9.53 Å². The highest BCUT2D eigenvalue weighted by atomic mass is 35.5. The molecule has 1 aromatic heterocycles. The minimum atomic E-state index is -0.136. The fraction of sp³-hybridized carbons (Fsp3) is 0.158. The highest BCUT2D eigenvalue weighted by molar-refractivity contribution is 7.99. The highest BCUT2D eigenvalue weighted by Crippen LogP contribution is 2.31. The number of carbonyl (C=O) groups is 1. The van der Waals surface area contributed by atoms with Crippen LogP contribution in [0.1, 0.15) is 10.4 Å². The fourth-order valence-corrected chi connectivity index (χ4v) is 3.55. The lowest BCUT2D eigenvalue weighted by atomic mass is 10.1. The molecular weight excluding hydrogens is 356 g/mol. The lowest BCUT2D eigenvalue weighted by Crippen LogP contribution is -2.27. The number of aromatic nitrogens is 1. The summed E-state index contributed by atoms with van der Waals surface area (Å²) in [6.07, 6.45) is 0. The summed E-state index contributed by atoms with van der Waals surface area (Å²) in [7, 11) is 1.60. The van der Waals surface area contributed by atoms with E-state index in [1.807, 2.05) is 54.6 Å². The predicted molar refractivity (Wildman–Crippen MR) is 102 cm³/mol. The summed E-state index contributed by atoms with van der Waals surface area (Å²) < 4.78 is 4.99. The second-order valence-electron chi connectivity index (χ2n) is 5.33. The average molecular weight is 373 g/mol. The molecule has 0 aliphatic carbocycles. The number of nitrogens with zero attached hydrogens (tertiary/aromatic N) is 1. The molecule has 0 spiro atoms. The summed E-state index contributed by atoms with van der Waals surface area (Å²) >= 11 is 7.53. The third kappa shape index (κ3) is 4.51. The molecule has 0 fully saturated rings. The number of fused-ring (bicyclic) bond motifs is 1. The molecule has 6 heteroatoms. The Bertz CT molecular complexity index is 901. The van der Waals surface area contributed by atoms with Crippen molar-refractivity contribution in [3.05, 3.63) is 65.2 Å². The van der Waals surface area contributed by atoms with Crippen molar-refractivity contribution in [2.45, 2.75) is 9.92 Å². The largest absolute Gasteiger partial charge is 0.383 e. The van der Waals surface area contributed by atoms with E-state index in [1.165, 1.54) is 11.8 Å². The predicted octanol–water partition coefficient (Wildman–Crippen LogP) is 4.42. The van der Waals surface area contributed by atoms with Crippen molar-refractivity contribution in [3.8, 4) is 0 Å². The zero-order chi connectivity index (χ0) is 17.6. The number of para-hydroxylation sites is 1. The lowest BCUT2D eigenvalue weighted by molar-refractivity contribution is 0.0938. The van der Waals surface area contributed by atoms with E-state index >= 15 is 0 Å². The van der Waals surface area contributed by atoms with E-state index in [2.05, 4.69) is 10.3 Å². The highest BCUT2D eigenvalue weighted by Gasteiger charge is 2.13. The van der Waals surface area contributed by atoms with Crippen LogP contribution in [0.15, 0.2) is 64.5 Å². The Labute approximate surface area is 155 Å². The quantitative estimate of drug-likeness (QED) is 0.651. The van der Waals surface area contributed by atoms with Gasteiger partial charge in [-0.05, 0) is 30.3 Å². The van der Waals surface area contributed by atoms with Gasteiger partial charge in [0.25, 0.3) is 5.91 Å². The first-order valence-electron chi connectivity index (χ1n) is 7.78. The number of hydrogen-bond acceptors (Lipinski definition) is 4. The van der Waals surface area contributed by atoms with Gasteiger partial charge in [-0.2, -0.15) is 0 Å². The zero-order valence-corrected chi connectivity index (χ0v) is 15.2. The SMILES string of the molecule is COCCNC(=O)c1cc(Sc2cccc(Cl)c2)nc2ccccc12. The molecule has 0 aliphatic rings. The molecule has 1 N–H and O–H groups in total. The van der Waals surface area contributed by atoms with Crippen molar-refractivity contribution in [2.24, 2.45) is 0 Å². The van der Waals surface area contributed by atoms with Gasteiger partial charge in [-0.15, -0.1) is 0 Å². The molecule has 0 saturated heterocycles. The van der Waals surface area contributed by atoms with Gasteiger partial charge in [0.05, 0.1) is 17.7 Å². The number of amides is 1. The van der Waals surface area contributed by atoms with Gasteiger partial charge in [-0.3, -0.25) is 4.79 Å².